The van der Waals surface area contributed by atoms with Crippen LogP contribution in [0.5, 0.6) is 5.75 Å². The van der Waals surface area contributed by atoms with Gasteiger partial charge < -0.3 is 15.2 Å². The smallest absolute Gasteiger partial charge is 0.354 e. The summed E-state index contributed by atoms with van der Waals surface area (Å²) in [5.74, 6) is -1.81. The van der Waals surface area contributed by atoms with Crippen molar-refractivity contribution in [3.8, 4) is 5.75 Å². The van der Waals surface area contributed by atoms with E-state index in [0.29, 0.717) is 5.69 Å². The fraction of sp³-hybridized carbons (Fsp3) is 0.0714. The van der Waals surface area contributed by atoms with Crippen LogP contribution in [0.3, 0.4) is 0 Å². The van der Waals surface area contributed by atoms with Crippen LogP contribution in [-0.2, 0) is 4.79 Å². The van der Waals surface area contributed by atoms with Crippen LogP contribution in [0.15, 0.2) is 42.6 Å². The number of ether oxygens (including phenoxy) is 1. The number of hydrogen-bond acceptors (Lipinski definition) is 4. The minimum atomic E-state index is -1.15. The summed E-state index contributed by atoms with van der Waals surface area (Å²) in [7, 11) is 0. The lowest BCUT2D eigenvalue weighted by molar-refractivity contribution is -0.118. The first-order valence-electron chi connectivity index (χ1n) is 5.92. The molecule has 2 aromatic rings. The van der Waals surface area contributed by atoms with Crippen molar-refractivity contribution >= 4 is 17.6 Å². The van der Waals surface area contributed by atoms with Crippen molar-refractivity contribution in [3.63, 3.8) is 0 Å². The fourth-order valence-corrected chi connectivity index (χ4v) is 1.50. The molecule has 0 saturated carbocycles. The molecular weight excluding hydrogens is 279 g/mol. The molecule has 0 unspecified atom stereocenters. The highest BCUT2D eigenvalue weighted by Gasteiger charge is 2.07. The van der Waals surface area contributed by atoms with Gasteiger partial charge in [-0.3, -0.25) is 4.79 Å². The SMILES string of the molecule is O=C(COc1ccc(C(=O)O)nc1)Nc1cccc(F)c1. The monoisotopic (exact) mass is 290 g/mol. The number of hydrogen-bond donors (Lipinski definition) is 2. The Morgan fingerprint density at radius 1 is 1.29 bits per heavy atom. The van der Waals surface area contributed by atoms with Gasteiger partial charge in [0.2, 0.25) is 0 Å². The van der Waals surface area contributed by atoms with E-state index in [1.54, 1.807) is 6.07 Å². The van der Waals surface area contributed by atoms with Crippen LogP contribution in [0.1, 0.15) is 10.5 Å². The summed E-state index contributed by atoms with van der Waals surface area (Å²) in [4.78, 5) is 25.9. The number of amides is 1. The molecule has 1 aromatic carbocycles. The molecule has 1 heterocycles. The van der Waals surface area contributed by atoms with E-state index in [9.17, 15) is 14.0 Å². The third kappa shape index (κ3) is 4.27. The molecular formula is C14H11FN2O4. The highest BCUT2D eigenvalue weighted by atomic mass is 19.1. The van der Waals surface area contributed by atoms with Crippen molar-refractivity contribution < 1.29 is 23.8 Å². The average molecular weight is 290 g/mol. The van der Waals surface area contributed by atoms with Crippen molar-refractivity contribution in [1.82, 2.24) is 4.98 Å². The number of anilines is 1. The maximum absolute atomic E-state index is 12.9. The van der Waals surface area contributed by atoms with Crippen LogP contribution >= 0.6 is 0 Å². The lowest BCUT2D eigenvalue weighted by atomic mass is 10.3. The summed E-state index contributed by atoms with van der Waals surface area (Å²) in [6, 6.07) is 8.13. The Hall–Kier alpha value is -2.96. The molecule has 1 amide bonds. The largest absolute Gasteiger partial charge is 0.482 e. The molecule has 7 heteroatoms. The lowest BCUT2D eigenvalue weighted by Gasteiger charge is -2.07. The number of pyridine rings is 1. The maximum Gasteiger partial charge on any atom is 0.354 e. The van der Waals surface area contributed by atoms with E-state index in [-0.39, 0.29) is 18.1 Å². The van der Waals surface area contributed by atoms with Gasteiger partial charge in [-0.05, 0) is 30.3 Å². The third-order valence-corrected chi connectivity index (χ3v) is 2.43. The number of carboxylic acid groups (broad SMARTS) is 1. The Morgan fingerprint density at radius 3 is 2.71 bits per heavy atom. The highest BCUT2D eigenvalue weighted by Crippen LogP contribution is 2.11. The molecule has 2 rings (SSSR count). The van der Waals surface area contributed by atoms with Crippen LogP contribution < -0.4 is 10.1 Å². The minimum absolute atomic E-state index is 0.119. The van der Waals surface area contributed by atoms with E-state index in [1.807, 2.05) is 0 Å². The molecule has 2 N–H and O–H groups in total. The molecule has 0 fully saturated rings. The number of aromatic carboxylic acids is 1. The molecule has 0 bridgehead atoms. The highest BCUT2D eigenvalue weighted by molar-refractivity contribution is 5.91. The zero-order valence-corrected chi connectivity index (χ0v) is 10.7. The normalized spacial score (nSPS) is 9.95. The molecule has 6 nitrogen and oxygen atoms in total. The van der Waals surface area contributed by atoms with Gasteiger partial charge in [-0.15, -0.1) is 0 Å². The Labute approximate surface area is 119 Å². The first-order chi connectivity index (χ1) is 10.0. The van der Waals surface area contributed by atoms with Gasteiger partial charge in [-0.25, -0.2) is 14.2 Å². The number of benzene rings is 1. The van der Waals surface area contributed by atoms with E-state index in [1.165, 1.54) is 36.5 Å². The minimum Gasteiger partial charge on any atom is -0.482 e. The molecule has 0 aliphatic carbocycles. The molecule has 108 valence electrons. The Bertz CT molecular complexity index is 658. The third-order valence-electron chi connectivity index (χ3n) is 2.43. The number of halogens is 1. The van der Waals surface area contributed by atoms with Gasteiger partial charge in [0.25, 0.3) is 5.91 Å². The first kappa shape index (κ1) is 14.4. The second kappa shape index (κ2) is 6.47. The molecule has 0 atom stereocenters. The Morgan fingerprint density at radius 2 is 2.10 bits per heavy atom. The number of carboxylic acids is 1. The second-order valence-corrected chi connectivity index (χ2v) is 4.03. The number of nitrogens with zero attached hydrogens (tertiary/aromatic N) is 1. The summed E-state index contributed by atoms with van der Waals surface area (Å²) in [5, 5.41) is 11.1. The molecule has 0 saturated heterocycles. The average Bonchev–Trinajstić information content (AvgIpc) is 2.45. The molecule has 0 aliphatic heterocycles. The van der Waals surface area contributed by atoms with Gasteiger partial charge >= 0.3 is 5.97 Å². The first-order valence-corrected chi connectivity index (χ1v) is 5.92. The van der Waals surface area contributed by atoms with Crippen molar-refractivity contribution in [3.05, 3.63) is 54.1 Å². The van der Waals surface area contributed by atoms with Gasteiger partial charge in [0.05, 0.1) is 6.20 Å². The second-order valence-electron chi connectivity index (χ2n) is 4.03. The number of carbonyl (C=O) groups is 2. The van der Waals surface area contributed by atoms with Gasteiger partial charge in [0.15, 0.2) is 6.61 Å². The van der Waals surface area contributed by atoms with Crippen LogP contribution in [0, 0.1) is 5.82 Å². The summed E-state index contributed by atoms with van der Waals surface area (Å²) in [5.41, 5.74) is 0.203. The molecule has 0 radical (unpaired) electrons. The molecule has 1 aromatic heterocycles. The van der Waals surface area contributed by atoms with Crippen LogP contribution in [0.2, 0.25) is 0 Å². The number of carbonyl (C=O) groups excluding carboxylic acids is 1. The van der Waals surface area contributed by atoms with E-state index in [2.05, 4.69) is 10.3 Å². The van der Waals surface area contributed by atoms with Gasteiger partial charge in [0, 0.05) is 5.69 Å². The number of rotatable bonds is 5. The number of aromatic nitrogens is 1. The topological polar surface area (TPSA) is 88.5 Å². The zero-order valence-electron chi connectivity index (χ0n) is 10.7. The Balaban J connectivity index is 1.87. The summed E-state index contributed by atoms with van der Waals surface area (Å²) < 4.78 is 18.1. The van der Waals surface area contributed by atoms with E-state index < -0.39 is 17.7 Å². The molecule has 21 heavy (non-hydrogen) atoms. The lowest BCUT2D eigenvalue weighted by Crippen LogP contribution is -2.20. The van der Waals surface area contributed by atoms with Gasteiger partial charge in [-0.1, -0.05) is 6.07 Å². The van der Waals surface area contributed by atoms with Crippen molar-refractivity contribution in [2.75, 3.05) is 11.9 Å². The van der Waals surface area contributed by atoms with Gasteiger partial charge in [0.1, 0.15) is 17.3 Å². The molecule has 0 aliphatic rings. The standard InChI is InChI=1S/C14H11FN2O4/c15-9-2-1-3-10(6-9)17-13(18)8-21-11-4-5-12(14(19)20)16-7-11/h1-7H,8H2,(H,17,18)(H,19,20). The van der Waals surface area contributed by atoms with Gasteiger partial charge in [-0.2, -0.15) is 0 Å². The van der Waals surface area contributed by atoms with Crippen LogP contribution in [0.25, 0.3) is 0 Å². The predicted molar refractivity (Wildman–Crippen MR) is 71.7 cm³/mol. The quantitative estimate of drug-likeness (QED) is 0.878. The van der Waals surface area contributed by atoms with Crippen LogP contribution in [0.4, 0.5) is 10.1 Å². The predicted octanol–water partition coefficient (Wildman–Crippen LogP) is 1.94. The van der Waals surface area contributed by atoms with E-state index >= 15 is 0 Å². The van der Waals surface area contributed by atoms with E-state index in [4.69, 9.17) is 9.84 Å². The Kier molecular flexibility index (Phi) is 4.45. The van der Waals surface area contributed by atoms with Crippen molar-refractivity contribution in [1.29, 1.82) is 0 Å². The summed E-state index contributed by atoms with van der Waals surface area (Å²) >= 11 is 0. The molecule has 0 spiro atoms. The van der Waals surface area contributed by atoms with Crippen molar-refractivity contribution in [2.45, 2.75) is 0 Å². The van der Waals surface area contributed by atoms with Crippen LogP contribution in [-0.4, -0.2) is 28.6 Å². The van der Waals surface area contributed by atoms with Crippen molar-refractivity contribution in [2.24, 2.45) is 0 Å². The summed E-state index contributed by atoms with van der Waals surface area (Å²) in [6.45, 7) is -0.301. The van der Waals surface area contributed by atoms with E-state index in [0.717, 1.165) is 0 Å². The maximum atomic E-state index is 12.9. The summed E-state index contributed by atoms with van der Waals surface area (Å²) in [6.07, 6.45) is 1.21. The fourth-order valence-electron chi connectivity index (χ4n) is 1.50. The zero-order chi connectivity index (χ0) is 15.2. The number of nitrogens with one attached hydrogen (secondary N) is 1.